The zero-order valence-corrected chi connectivity index (χ0v) is 11.7. The summed E-state index contributed by atoms with van der Waals surface area (Å²) in [6, 6.07) is 8.41. The van der Waals surface area contributed by atoms with E-state index in [9.17, 15) is 4.79 Å². The second kappa shape index (κ2) is 6.06. The van der Waals surface area contributed by atoms with Crippen molar-refractivity contribution in [1.29, 1.82) is 0 Å². The summed E-state index contributed by atoms with van der Waals surface area (Å²) in [5.74, 6) is -0.770. The Labute approximate surface area is 114 Å². The van der Waals surface area contributed by atoms with Gasteiger partial charge in [0.05, 0.1) is 0 Å². The number of carbonyl (C=O) groups is 1. The Morgan fingerprint density at radius 2 is 2.11 bits per heavy atom. The van der Waals surface area contributed by atoms with Crippen LogP contribution >= 0.6 is 0 Å². The summed E-state index contributed by atoms with van der Waals surface area (Å²) >= 11 is 0. The lowest BCUT2D eigenvalue weighted by Gasteiger charge is -2.38. The van der Waals surface area contributed by atoms with Crippen LogP contribution in [0.1, 0.15) is 18.4 Å². The van der Waals surface area contributed by atoms with E-state index in [0.717, 1.165) is 31.6 Å². The molecule has 0 aromatic heterocycles. The average molecular weight is 262 g/mol. The first-order valence-corrected chi connectivity index (χ1v) is 6.80. The van der Waals surface area contributed by atoms with Crippen molar-refractivity contribution in [2.24, 2.45) is 0 Å². The summed E-state index contributed by atoms with van der Waals surface area (Å²) in [5, 5.41) is 9.14. The lowest BCUT2D eigenvalue weighted by Crippen LogP contribution is -2.48. The Hall–Kier alpha value is -1.55. The van der Waals surface area contributed by atoms with Crippen LogP contribution in [-0.2, 0) is 4.79 Å². The van der Waals surface area contributed by atoms with Crippen LogP contribution in [0.25, 0.3) is 0 Å². The van der Waals surface area contributed by atoms with E-state index in [1.807, 2.05) is 36.1 Å². The number of hydrogen-bond donors (Lipinski definition) is 1. The molecule has 0 saturated carbocycles. The maximum atomic E-state index is 11.1. The van der Waals surface area contributed by atoms with Crippen molar-refractivity contribution < 1.29 is 9.90 Å². The molecular weight excluding hydrogens is 240 g/mol. The number of aryl methyl sites for hydroxylation is 1. The zero-order chi connectivity index (χ0) is 13.8. The topological polar surface area (TPSA) is 43.8 Å². The molecule has 2 rings (SSSR count). The van der Waals surface area contributed by atoms with Gasteiger partial charge in [-0.3, -0.25) is 4.79 Å². The predicted octanol–water partition coefficient (Wildman–Crippen LogP) is 1.98. The van der Waals surface area contributed by atoms with Gasteiger partial charge in [0.1, 0.15) is 6.54 Å². The van der Waals surface area contributed by atoms with E-state index in [1.54, 1.807) is 0 Å². The molecule has 19 heavy (non-hydrogen) atoms. The molecule has 0 spiro atoms. The van der Waals surface area contributed by atoms with Crippen LogP contribution in [0.15, 0.2) is 24.3 Å². The molecule has 0 amide bonds. The van der Waals surface area contributed by atoms with Crippen molar-refractivity contribution in [2.45, 2.75) is 25.8 Å². The van der Waals surface area contributed by atoms with E-state index in [0.29, 0.717) is 0 Å². The third kappa shape index (κ3) is 3.70. The van der Waals surface area contributed by atoms with E-state index in [-0.39, 0.29) is 12.6 Å². The number of carboxylic acid groups (broad SMARTS) is 1. The van der Waals surface area contributed by atoms with Gasteiger partial charge < -0.3 is 14.9 Å². The average Bonchev–Trinajstić information content (AvgIpc) is 2.37. The Morgan fingerprint density at radius 3 is 2.68 bits per heavy atom. The highest BCUT2D eigenvalue weighted by Gasteiger charge is 2.25. The molecule has 0 aliphatic carbocycles. The number of likely N-dealkylation sites (N-methyl/N-ethyl adjacent to an activating group) is 1. The summed E-state index contributed by atoms with van der Waals surface area (Å²) in [5.41, 5.74) is 2.20. The highest BCUT2D eigenvalue weighted by Crippen LogP contribution is 2.22. The van der Waals surface area contributed by atoms with E-state index >= 15 is 0 Å². The number of nitrogens with zero attached hydrogens (tertiary/aromatic N) is 2. The zero-order valence-electron chi connectivity index (χ0n) is 11.7. The molecule has 104 valence electrons. The maximum Gasteiger partial charge on any atom is 0.323 e. The summed E-state index contributed by atoms with van der Waals surface area (Å²) in [6.45, 7) is 4.15. The molecule has 1 atom stereocenters. The molecule has 1 aromatic rings. The molecule has 1 saturated heterocycles. The summed E-state index contributed by atoms with van der Waals surface area (Å²) in [4.78, 5) is 15.4. The van der Waals surface area contributed by atoms with Gasteiger partial charge in [-0.15, -0.1) is 0 Å². The quantitative estimate of drug-likeness (QED) is 0.901. The van der Waals surface area contributed by atoms with Crippen LogP contribution in [0.3, 0.4) is 0 Å². The number of benzene rings is 1. The SMILES string of the molecule is Cc1ccc(N(CC(=O)O)C2CCCN(C)C2)cc1. The molecule has 1 N–H and O–H groups in total. The van der Waals surface area contributed by atoms with Gasteiger partial charge >= 0.3 is 5.97 Å². The molecule has 0 radical (unpaired) electrons. The minimum Gasteiger partial charge on any atom is -0.480 e. The minimum atomic E-state index is -0.770. The van der Waals surface area contributed by atoms with Gasteiger partial charge in [-0.25, -0.2) is 0 Å². The van der Waals surface area contributed by atoms with Gasteiger partial charge in [-0.1, -0.05) is 17.7 Å². The number of rotatable bonds is 4. The molecule has 1 heterocycles. The van der Waals surface area contributed by atoms with Gasteiger partial charge in [0.25, 0.3) is 0 Å². The highest BCUT2D eigenvalue weighted by atomic mass is 16.4. The smallest absolute Gasteiger partial charge is 0.323 e. The molecule has 1 fully saturated rings. The monoisotopic (exact) mass is 262 g/mol. The maximum absolute atomic E-state index is 11.1. The molecule has 1 aliphatic rings. The second-order valence-electron chi connectivity index (χ2n) is 5.42. The highest BCUT2D eigenvalue weighted by molar-refractivity contribution is 5.74. The van der Waals surface area contributed by atoms with Crippen LogP contribution in [0.5, 0.6) is 0 Å². The lowest BCUT2D eigenvalue weighted by atomic mass is 10.0. The third-order valence-electron chi connectivity index (χ3n) is 3.71. The van der Waals surface area contributed by atoms with Crippen LogP contribution in [0.2, 0.25) is 0 Å². The summed E-state index contributed by atoms with van der Waals surface area (Å²) in [7, 11) is 2.10. The van der Waals surface area contributed by atoms with Crippen LogP contribution in [-0.4, -0.2) is 48.7 Å². The first-order valence-electron chi connectivity index (χ1n) is 6.80. The molecule has 1 aromatic carbocycles. The predicted molar refractivity (Wildman–Crippen MR) is 76.7 cm³/mol. The number of likely N-dealkylation sites (tertiary alicyclic amines) is 1. The first-order chi connectivity index (χ1) is 9.06. The summed E-state index contributed by atoms with van der Waals surface area (Å²) in [6.07, 6.45) is 2.19. The van der Waals surface area contributed by atoms with Crippen LogP contribution in [0.4, 0.5) is 5.69 Å². The fraction of sp³-hybridized carbons (Fsp3) is 0.533. The molecule has 4 heteroatoms. The van der Waals surface area contributed by atoms with Crippen molar-refractivity contribution in [3.63, 3.8) is 0 Å². The van der Waals surface area contributed by atoms with Crippen molar-refractivity contribution in [2.75, 3.05) is 31.6 Å². The molecular formula is C15H22N2O2. The van der Waals surface area contributed by atoms with Gasteiger partial charge in [0.15, 0.2) is 0 Å². The standard InChI is InChI=1S/C15H22N2O2/c1-12-5-7-13(8-6-12)17(11-15(18)19)14-4-3-9-16(2)10-14/h5-8,14H,3-4,9-11H2,1-2H3,(H,18,19). The number of hydrogen-bond acceptors (Lipinski definition) is 3. The number of anilines is 1. The number of aliphatic carboxylic acids is 1. The van der Waals surface area contributed by atoms with E-state index < -0.39 is 5.97 Å². The third-order valence-corrected chi connectivity index (χ3v) is 3.71. The van der Waals surface area contributed by atoms with E-state index in [4.69, 9.17) is 5.11 Å². The van der Waals surface area contributed by atoms with Crippen LogP contribution < -0.4 is 4.90 Å². The molecule has 1 aliphatic heterocycles. The molecule has 1 unspecified atom stereocenters. The minimum absolute atomic E-state index is 0.0710. The van der Waals surface area contributed by atoms with Crippen molar-refractivity contribution >= 4 is 11.7 Å². The number of carboxylic acids is 1. The molecule has 0 bridgehead atoms. The van der Waals surface area contributed by atoms with Crippen LogP contribution in [0, 0.1) is 6.92 Å². The van der Waals surface area contributed by atoms with Crippen molar-refractivity contribution in [1.82, 2.24) is 4.90 Å². The van der Waals surface area contributed by atoms with Gasteiger partial charge in [-0.2, -0.15) is 0 Å². The Balaban J connectivity index is 2.19. The normalized spacial score (nSPS) is 20.2. The van der Waals surface area contributed by atoms with Gasteiger partial charge in [0, 0.05) is 18.3 Å². The first kappa shape index (κ1) is 13.9. The largest absolute Gasteiger partial charge is 0.480 e. The van der Waals surface area contributed by atoms with Crippen molar-refractivity contribution in [3.8, 4) is 0 Å². The Bertz CT molecular complexity index is 430. The van der Waals surface area contributed by atoms with E-state index in [1.165, 1.54) is 5.56 Å². The number of piperidine rings is 1. The van der Waals surface area contributed by atoms with E-state index in [2.05, 4.69) is 11.9 Å². The van der Waals surface area contributed by atoms with Crippen molar-refractivity contribution in [3.05, 3.63) is 29.8 Å². The van der Waals surface area contributed by atoms with Gasteiger partial charge in [-0.05, 0) is 45.5 Å². The fourth-order valence-electron chi connectivity index (χ4n) is 2.71. The lowest BCUT2D eigenvalue weighted by molar-refractivity contribution is -0.135. The molecule has 4 nitrogen and oxygen atoms in total. The second-order valence-corrected chi connectivity index (χ2v) is 5.42. The Kier molecular flexibility index (Phi) is 4.43. The fourth-order valence-corrected chi connectivity index (χ4v) is 2.71. The van der Waals surface area contributed by atoms with Gasteiger partial charge in [0.2, 0.25) is 0 Å². The Morgan fingerprint density at radius 1 is 1.42 bits per heavy atom. The summed E-state index contributed by atoms with van der Waals surface area (Å²) < 4.78 is 0.